The Labute approximate surface area is 134 Å². The van der Waals surface area contributed by atoms with Crippen LogP contribution in [-0.2, 0) is 9.53 Å². The summed E-state index contributed by atoms with van der Waals surface area (Å²) >= 11 is 0. The van der Waals surface area contributed by atoms with Gasteiger partial charge < -0.3 is 9.64 Å². The van der Waals surface area contributed by atoms with Crippen molar-refractivity contribution in [1.29, 1.82) is 0 Å². The molecule has 22 heavy (non-hydrogen) atoms. The summed E-state index contributed by atoms with van der Waals surface area (Å²) in [4.78, 5) is 25.4. The summed E-state index contributed by atoms with van der Waals surface area (Å²) in [6.07, 6.45) is 1.25. The number of ether oxygens (including phenoxy) is 1. The topological polar surface area (TPSA) is 61.9 Å². The maximum absolute atomic E-state index is 12.1. The Bertz CT molecular complexity index is 402. The highest BCUT2D eigenvalue weighted by Gasteiger charge is 2.34. The van der Waals surface area contributed by atoms with Gasteiger partial charge in [0.25, 0.3) is 0 Å². The van der Waals surface area contributed by atoms with Crippen molar-refractivity contribution in [2.24, 2.45) is 0 Å². The van der Waals surface area contributed by atoms with E-state index in [0.29, 0.717) is 0 Å². The van der Waals surface area contributed by atoms with E-state index in [1.807, 2.05) is 30.7 Å². The molecule has 0 saturated carbocycles. The molecular formula is C16H31N3O3. The van der Waals surface area contributed by atoms with Gasteiger partial charge in [-0.05, 0) is 54.4 Å². The van der Waals surface area contributed by atoms with Crippen LogP contribution in [0.25, 0.3) is 0 Å². The Balaban J connectivity index is 2.71. The second-order valence-electron chi connectivity index (χ2n) is 7.89. The average Bonchev–Trinajstić information content (AvgIpc) is 2.32. The van der Waals surface area contributed by atoms with Crippen LogP contribution in [0.15, 0.2) is 0 Å². The molecule has 128 valence electrons. The average molecular weight is 313 g/mol. The minimum absolute atomic E-state index is 0.112. The number of nitrogens with one attached hydrogen (secondary N) is 1. The lowest BCUT2D eigenvalue weighted by Gasteiger charge is -2.44. The summed E-state index contributed by atoms with van der Waals surface area (Å²) in [5, 5.41) is 1.97. The van der Waals surface area contributed by atoms with Crippen molar-refractivity contribution in [3.8, 4) is 0 Å². The Morgan fingerprint density at radius 3 is 1.95 bits per heavy atom. The summed E-state index contributed by atoms with van der Waals surface area (Å²) in [5.74, 6) is 0.112. The smallest absolute Gasteiger partial charge is 0.422 e. The summed E-state index contributed by atoms with van der Waals surface area (Å²) in [5.41, 5.74) is 2.15. The van der Waals surface area contributed by atoms with E-state index in [1.165, 1.54) is 0 Å². The van der Waals surface area contributed by atoms with Gasteiger partial charge in [-0.2, -0.15) is 0 Å². The van der Waals surface area contributed by atoms with Crippen LogP contribution in [0.5, 0.6) is 0 Å². The van der Waals surface area contributed by atoms with E-state index in [0.717, 1.165) is 25.9 Å². The van der Waals surface area contributed by atoms with E-state index in [9.17, 15) is 9.59 Å². The third-order valence-electron chi connectivity index (χ3n) is 3.61. The molecule has 0 aliphatic carbocycles. The van der Waals surface area contributed by atoms with Gasteiger partial charge in [-0.15, -0.1) is 0 Å². The van der Waals surface area contributed by atoms with Crippen molar-refractivity contribution in [2.75, 3.05) is 13.1 Å². The SMILES string of the molecule is CC(=O)N1CCC(N(NC(=O)OC(C)(C)C)C(C)(C)C)CC1. The van der Waals surface area contributed by atoms with Crippen LogP contribution in [-0.4, -0.2) is 52.2 Å². The standard InChI is InChI=1S/C16H31N3O3/c1-12(20)18-10-8-13(9-11-18)19(15(2,3)4)17-14(21)22-16(5,6)7/h13H,8-11H2,1-7H3,(H,17,21). The van der Waals surface area contributed by atoms with Crippen LogP contribution in [0, 0.1) is 0 Å². The van der Waals surface area contributed by atoms with Gasteiger partial charge in [0, 0.05) is 31.6 Å². The normalized spacial score (nSPS) is 17.5. The second kappa shape index (κ2) is 6.86. The fourth-order valence-corrected chi connectivity index (χ4v) is 2.64. The Hall–Kier alpha value is -1.30. The third-order valence-corrected chi connectivity index (χ3v) is 3.61. The van der Waals surface area contributed by atoms with Crippen LogP contribution in [0.1, 0.15) is 61.3 Å². The second-order valence-corrected chi connectivity index (χ2v) is 7.89. The molecule has 1 aliphatic rings. The molecule has 1 aliphatic heterocycles. The summed E-state index contributed by atoms with van der Waals surface area (Å²) in [7, 11) is 0. The number of hydrogen-bond donors (Lipinski definition) is 1. The van der Waals surface area contributed by atoms with E-state index < -0.39 is 11.7 Å². The number of piperidine rings is 1. The van der Waals surface area contributed by atoms with Crippen molar-refractivity contribution >= 4 is 12.0 Å². The highest BCUT2D eigenvalue weighted by molar-refractivity contribution is 5.73. The molecule has 6 nitrogen and oxygen atoms in total. The highest BCUT2D eigenvalue weighted by atomic mass is 16.6. The first-order chi connectivity index (χ1) is 9.90. The summed E-state index contributed by atoms with van der Waals surface area (Å²) in [6, 6.07) is 0.197. The van der Waals surface area contributed by atoms with Gasteiger partial charge in [0.15, 0.2) is 0 Å². The van der Waals surface area contributed by atoms with Gasteiger partial charge in [0.2, 0.25) is 5.91 Å². The Kier molecular flexibility index (Phi) is 5.84. The molecule has 0 spiro atoms. The summed E-state index contributed by atoms with van der Waals surface area (Å²) in [6.45, 7) is 14.8. The first kappa shape index (κ1) is 18.7. The quantitative estimate of drug-likeness (QED) is 0.796. The molecule has 0 atom stereocenters. The lowest BCUT2D eigenvalue weighted by Crippen LogP contribution is -2.60. The van der Waals surface area contributed by atoms with Crippen molar-refractivity contribution < 1.29 is 14.3 Å². The van der Waals surface area contributed by atoms with Crippen molar-refractivity contribution in [1.82, 2.24) is 15.3 Å². The largest absolute Gasteiger partial charge is 0.443 e. The molecule has 0 aromatic heterocycles. The molecule has 0 aromatic rings. The van der Waals surface area contributed by atoms with Crippen molar-refractivity contribution in [3.05, 3.63) is 0 Å². The molecule has 1 N–H and O–H groups in total. The molecule has 1 heterocycles. The third kappa shape index (κ3) is 5.83. The fraction of sp³-hybridized carbons (Fsp3) is 0.875. The zero-order valence-electron chi connectivity index (χ0n) is 15.0. The van der Waals surface area contributed by atoms with Crippen LogP contribution >= 0.6 is 0 Å². The predicted molar refractivity (Wildman–Crippen MR) is 86.2 cm³/mol. The number of likely N-dealkylation sites (tertiary alicyclic amines) is 1. The maximum Gasteiger partial charge on any atom is 0.422 e. The molecule has 2 amide bonds. The number of carbonyl (C=O) groups excluding carboxylic acids is 2. The molecule has 0 radical (unpaired) electrons. The predicted octanol–water partition coefficient (Wildman–Crippen LogP) is 2.54. The number of nitrogens with zero attached hydrogens (tertiary/aromatic N) is 2. The summed E-state index contributed by atoms with van der Waals surface area (Å²) < 4.78 is 5.36. The van der Waals surface area contributed by atoms with Gasteiger partial charge in [-0.1, -0.05) is 0 Å². The monoisotopic (exact) mass is 313 g/mol. The number of hydrazine groups is 1. The van der Waals surface area contributed by atoms with Gasteiger partial charge in [0.1, 0.15) is 5.60 Å². The first-order valence-corrected chi connectivity index (χ1v) is 7.94. The molecule has 1 fully saturated rings. The van der Waals surface area contributed by atoms with E-state index in [2.05, 4.69) is 26.2 Å². The van der Waals surface area contributed by atoms with Crippen LogP contribution in [0.2, 0.25) is 0 Å². The highest BCUT2D eigenvalue weighted by Crippen LogP contribution is 2.23. The van der Waals surface area contributed by atoms with Crippen LogP contribution in [0.3, 0.4) is 0 Å². The fourth-order valence-electron chi connectivity index (χ4n) is 2.64. The zero-order chi connectivity index (χ0) is 17.1. The zero-order valence-corrected chi connectivity index (χ0v) is 15.0. The van der Waals surface area contributed by atoms with Crippen LogP contribution in [0.4, 0.5) is 4.79 Å². The van der Waals surface area contributed by atoms with Crippen molar-refractivity contribution in [3.63, 3.8) is 0 Å². The Morgan fingerprint density at radius 2 is 1.59 bits per heavy atom. The molecule has 0 bridgehead atoms. The van der Waals surface area contributed by atoms with Crippen molar-refractivity contribution in [2.45, 2.75) is 78.5 Å². The number of hydrogen-bond acceptors (Lipinski definition) is 4. The van der Waals surface area contributed by atoms with Gasteiger partial charge in [-0.3, -0.25) is 10.2 Å². The lowest BCUT2D eigenvalue weighted by atomic mass is 9.98. The van der Waals surface area contributed by atoms with Gasteiger partial charge in [0.05, 0.1) is 0 Å². The van der Waals surface area contributed by atoms with E-state index in [-0.39, 0.29) is 17.5 Å². The molecule has 1 saturated heterocycles. The minimum Gasteiger partial charge on any atom is -0.443 e. The molecule has 6 heteroatoms. The molecule has 0 unspecified atom stereocenters. The maximum atomic E-state index is 12.1. The molecule has 1 rings (SSSR count). The molecule has 0 aromatic carbocycles. The van der Waals surface area contributed by atoms with E-state index >= 15 is 0 Å². The van der Waals surface area contributed by atoms with E-state index in [1.54, 1.807) is 6.92 Å². The van der Waals surface area contributed by atoms with Gasteiger partial charge in [-0.25, -0.2) is 9.80 Å². The minimum atomic E-state index is -0.522. The number of rotatable bonds is 2. The Morgan fingerprint density at radius 1 is 1.09 bits per heavy atom. The van der Waals surface area contributed by atoms with E-state index in [4.69, 9.17) is 4.74 Å². The molecular weight excluding hydrogens is 282 g/mol. The first-order valence-electron chi connectivity index (χ1n) is 7.94. The van der Waals surface area contributed by atoms with Gasteiger partial charge >= 0.3 is 6.09 Å². The van der Waals surface area contributed by atoms with Crippen LogP contribution < -0.4 is 5.43 Å². The lowest BCUT2D eigenvalue weighted by molar-refractivity contribution is -0.131. The number of carbonyl (C=O) groups is 2. The number of amides is 2.